The van der Waals surface area contributed by atoms with E-state index < -0.39 is 116 Å². The van der Waals surface area contributed by atoms with Crippen LogP contribution in [-0.4, -0.2) is 167 Å². The predicted molar refractivity (Wildman–Crippen MR) is 317 cm³/mol. The highest BCUT2D eigenvalue weighted by Gasteiger charge is 2.55. The molecule has 85 heavy (non-hydrogen) atoms. The number of ether oxygens (including phenoxy) is 5. The second kappa shape index (κ2) is 28.1. The molecular weight excluding hydrogens is 1140 g/mol. The number of allylic oxidation sites excluding steroid dienone is 2. The number of esters is 1. The van der Waals surface area contributed by atoms with Crippen LogP contribution in [0.2, 0.25) is 0 Å². The first-order chi connectivity index (χ1) is 39.7. The number of phenolic OH excluding ortho intramolecular Hbond substituents is 1. The van der Waals surface area contributed by atoms with Crippen LogP contribution in [0.4, 0.5) is 0 Å². The molecule has 23 nitrogen and oxygen atoms in total. The first-order valence-electron chi connectivity index (χ1n) is 28.7. The molecule has 25 heteroatoms. The molecule has 5 aliphatic rings. The van der Waals surface area contributed by atoms with Crippen molar-refractivity contribution in [1.82, 2.24) is 15.1 Å². The van der Waals surface area contributed by atoms with Crippen molar-refractivity contribution in [2.45, 2.75) is 156 Å². The number of carbonyl (C=O) groups is 4. The fourth-order valence-electron chi connectivity index (χ4n) is 11.9. The zero-order valence-electron chi connectivity index (χ0n) is 50.5. The zero-order chi connectivity index (χ0) is 63.3. The molecule has 0 radical (unpaired) electrons. The summed E-state index contributed by atoms with van der Waals surface area (Å²) in [5.41, 5.74) is -0.738. The molecule has 1 spiro atoms. The molecule has 9 N–H and O–H groups in total. The minimum Gasteiger partial charge on any atom is -0.507 e. The largest absolute Gasteiger partial charge is 0.507 e. The number of hydrogen-bond donors (Lipinski definition) is 9. The van der Waals surface area contributed by atoms with Gasteiger partial charge in [0, 0.05) is 106 Å². The smallest absolute Gasteiger partial charge is 0.340 e. The molecule has 2 aromatic rings. The summed E-state index contributed by atoms with van der Waals surface area (Å²) in [6.07, 6.45) is 4.37. The molecule has 470 valence electrons. The fourth-order valence-corrected chi connectivity index (χ4v) is 14.5. The first-order valence-corrected chi connectivity index (χ1v) is 32.0. The normalized spacial score (nSPS) is 27.6. The summed E-state index contributed by atoms with van der Waals surface area (Å²) < 4.78 is 53.6. The maximum atomic E-state index is 14.6. The van der Waals surface area contributed by atoms with E-state index >= 15 is 0 Å². The maximum absolute atomic E-state index is 14.6. The number of carbonyl (C=O) groups excluding carboxylic acids is 4. The third-order valence-electron chi connectivity index (χ3n) is 16.6. The molecule has 1 aliphatic carbocycles. The summed E-state index contributed by atoms with van der Waals surface area (Å²) in [5.74, 6) is -6.33. The number of aliphatic hydroxyl groups excluding tert-OH is 3. The van der Waals surface area contributed by atoms with Crippen LogP contribution in [0.5, 0.6) is 17.2 Å². The van der Waals surface area contributed by atoms with Gasteiger partial charge in [-0.15, -0.1) is 0 Å². The van der Waals surface area contributed by atoms with Gasteiger partial charge in [0.05, 0.1) is 59.8 Å². The second-order valence-electron chi connectivity index (χ2n) is 23.8. The van der Waals surface area contributed by atoms with E-state index in [4.69, 9.17) is 28.7 Å². The number of aliphatic imine (C=N–C) groups is 1. The lowest BCUT2D eigenvalue weighted by molar-refractivity contribution is -0.160. The summed E-state index contributed by atoms with van der Waals surface area (Å²) in [6.45, 7) is 20.4. The second-order valence-corrected chi connectivity index (χ2v) is 27.8. The quantitative estimate of drug-likeness (QED) is 0.0262. The Balaban J connectivity index is 1.45. The van der Waals surface area contributed by atoms with Crippen LogP contribution in [0, 0.1) is 36.5 Å². The van der Waals surface area contributed by atoms with E-state index in [-0.39, 0.29) is 88.1 Å². The van der Waals surface area contributed by atoms with Crippen molar-refractivity contribution < 1.29 is 92.0 Å². The fraction of sp³-hybridized carbons (Fsp3) is 0.583. The Morgan fingerprint density at radius 3 is 2.14 bits per heavy atom. The molecule has 1 unspecified atom stereocenters. The lowest BCUT2D eigenvalue weighted by Gasteiger charge is -2.46. The van der Waals surface area contributed by atoms with Gasteiger partial charge >= 0.3 is 21.2 Å². The zero-order valence-corrected chi connectivity index (χ0v) is 52.3. The lowest BCUT2D eigenvalue weighted by atomic mass is 9.78. The molecule has 1 saturated heterocycles. The standard InChI is InChI=1S/C60H86N4O19P2/c1-33(2)31-63-27-24-60(25-28-63)62-49-47-43(32-65)57-39(8)54(70)48(47)55(71)50(51(49)64(60)26-22-44(67)41-18-20-42(21-19-41)80-29-14-17-46(84(73,74)75)85(76,77)78)61-58(72)35(4)16-13-15-34(3)52(68)37(6)53(69)38(7)56(82-40(9)66)36(5)45(79-12)23-30-81-59(10,11)83-57/h13,15-16,18-21,23,30,32-34,36-38,45-46,51-53,56,68-71H,14,17,22,24-29,31H2,1-12H3,(H,61,72)(H2,73,74,75)(H2,76,77,78)/b15-13+,30-23+,35-16-/t34-,36+,37+,38+,45-,51?,52-,53+,56+/m0/s1. The summed E-state index contributed by atoms with van der Waals surface area (Å²) in [7, 11) is -8.76. The Hall–Kier alpha value is -5.55. The Kier molecular flexibility index (Phi) is 22.7. The number of rotatable bonds is 16. The van der Waals surface area contributed by atoms with Gasteiger partial charge < -0.3 is 73.9 Å². The third-order valence-corrected chi connectivity index (χ3v) is 20.5. The molecule has 4 bridgehead atoms. The van der Waals surface area contributed by atoms with E-state index in [9.17, 15) is 68.3 Å². The lowest BCUT2D eigenvalue weighted by Crippen LogP contribution is -2.57. The van der Waals surface area contributed by atoms with Crippen LogP contribution in [0.15, 0.2) is 71.1 Å². The summed E-state index contributed by atoms with van der Waals surface area (Å²) in [6, 6.07) is 4.95. The molecule has 4 heterocycles. The highest BCUT2D eigenvalue weighted by molar-refractivity contribution is 7.70. The molecule has 7 rings (SSSR count). The van der Waals surface area contributed by atoms with Gasteiger partial charge in [0.15, 0.2) is 17.5 Å². The first kappa shape index (κ1) is 68.6. The number of ketones is 1. The van der Waals surface area contributed by atoms with Gasteiger partial charge in [-0.1, -0.05) is 59.8 Å². The summed E-state index contributed by atoms with van der Waals surface area (Å²) >= 11 is 0. The highest BCUT2D eigenvalue weighted by Crippen LogP contribution is 2.61. The van der Waals surface area contributed by atoms with E-state index in [1.165, 1.54) is 57.6 Å². The van der Waals surface area contributed by atoms with Gasteiger partial charge in [-0.25, -0.2) is 0 Å². The number of aldehydes is 1. The van der Waals surface area contributed by atoms with Crippen molar-refractivity contribution >= 4 is 50.6 Å². The van der Waals surface area contributed by atoms with Gasteiger partial charge in [0.2, 0.25) is 5.79 Å². The Morgan fingerprint density at radius 1 is 0.929 bits per heavy atom. The molecule has 1 amide bonds. The average molecular weight is 1230 g/mol. The number of phenols is 1. The topological polar surface area (TPSA) is 341 Å². The maximum Gasteiger partial charge on any atom is 0.340 e. The number of methoxy groups -OCH3 is 1. The van der Waals surface area contributed by atoms with Crippen LogP contribution in [0.3, 0.4) is 0 Å². The van der Waals surface area contributed by atoms with Gasteiger partial charge in [-0.3, -0.25) is 38.2 Å². The van der Waals surface area contributed by atoms with E-state index in [2.05, 4.69) is 24.1 Å². The highest BCUT2D eigenvalue weighted by atomic mass is 31.2. The molecular formula is C60H86N4O19P2. The number of amides is 1. The van der Waals surface area contributed by atoms with E-state index in [0.29, 0.717) is 38.1 Å². The molecule has 4 aliphatic heterocycles. The summed E-state index contributed by atoms with van der Waals surface area (Å²) in [4.78, 5) is 103. The van der Waals surface area contributed by atoms with Crippen molar-refractivity contribution in [1.29, 1.82) is 0 Å². The molecule has 0 aromatic heterocycles. The van der Waals surface area contributed by atoms with E-state index in [1.54, 1.807) is 66.7 Å². The number of Topliss-reactive ketones (excluding diaryl/α,β-unsaturated/α-hetero) is 1. The van der Waals surface area contributed by atoms with Crippen LogP contribution in [-0.2, 0) is 32.9 Å². The van der Waals surface area contributed by atoms with Crippen LogP contribution in [0.25, 0.3) is 5.76 Å². The SMILES string of the molecule is CO[C@H]1/C=C/OC(C)(C)Oc2c(C)c(O)c3c(c2C=O)C2=NC4(CCN(CC(C)C)CC4)N(CCC(=O)c4ccc(OCCCC(P(=O)(O)O)P(=O)(O)O)cc4)C2C(=C3O)NC(=O)/C(C)=C\C=C\[C@H](C)[C@H](O)[C@@H](C)[C@@H](O)[C@@H](C)[C@H](OC(C)=O)[C@@H]1C. The number of hydrogen-bond acceptors (Lipinski definition) is 18. The number of aliphatic hydroxyl groups is 3. The molecule has 0 saturated carbocycles. The number of fused-ring (bicyclic) bond motifs is 17. The Labute approximate surface area is 497 Å². The van der Waals surface area contributed by atoms with Crippen molar-refractivity contribution in [2.24, 2.45) is 34.6 Å². The number of piperidine rings is 1. The van der Waals surface area contributed by atoms with Gasteiger partial charge in [-0.2, -0.15) is 0 Å². The van der Waals surface area contributed by atoms with Crippen LogP contribution >= 0.6 is 15.2 Å². The Morgan fingerprint density at radius 2 is 1.56 bits per heavy atom. The number of likely N-dealkylation sites (tertiary alicyclic amines) is 1. The average Bonchev–Trinajstić information content (AvgIpc) is 1.63. The number of aromatic hydroxyl groups is 1. The predicted octanol–water partition coefficient (Wildman–Crippen LogP) is 7.28. The third kappa shape index (κ3) is 16.0. The van der Waals surface area contributed by atoms with Crippen molar-refractivity contribution in [2.75, 3.05) is 39.9 Å². The number of nitrogens with one attached hydrogen (secondary N) is 1. The monoisotopic (exact) mass is 1230 g/mol. The molecule has 1 fully saturated rings. The molecule has 9 atom stereocenters. The number of benzene rings is 2. The van der Waals surface area contributed by atoms with Gasteiger partial charge in [-0.05, 0) is 75.8 Å². The van der Waals surface area contributed by atoms with Crippen LogP contribution < -0.4 is 14.8 Å². The Bertz CT molecular complexity index is 3010. The van der Waals surface area contributed by atoms with Crippen molar-refractivity contribution in [3.63, 3.8) is 0 Å². The minimum atomic E-state index is -5.11. The van der Waals surface area contributed by atoms with Crippen molar-refractivity contribution in [3.05, 3.63) is 93.9 Å². The van der Waals surface area contributed by atoms with Gasteiger partial charge in [0.1, 0.15) is 34.8 Å². The van der Waals surface area contributed by atoms with Gasteiger partial charge in [0.25, 0.3) is 5.91 Å². The van der Waals surface area contributed by atoms with E-state index in [0.717, 1.165) is 6.54 Å². The van der Waals surface area contributed by atoms with Crippen molar-refractivity contribution in [3.8, 4) is 17.2 Å². The summed E-state index contributed by atoms with van der Waals surface area (Å²) in [5, 5.41) is 49.2. The number of nitrogens with zero attached hydrogens (tertiary/aromatic N) is 3. The molecule has 2 aromatic carbocycles. The minimum absolute atomic E-state index is 0.00155. The van der Waals surface area contributed by atoms with E-state index in [1.807, 2.05) is 4.90 Å². The van der Waals surface area contributed by atoms with Crippen LogP contribution in [0.1, 0.15) is 139 Å².